The standard InChI is InChI=1S/C25H25FN4O7S2/c1-12-9-13(3-5-15(12)26)11-30-22-18-8-7-17(37-18)20(22)23(31)21(25(30)32)24-27-16-6-4-14(28-38(2,33)34)10-19(16)39(35,36)29-24/h3-6,9-10,17-18,20,22,28,31H,7-8,11H2,1-2H3,(H,27,29)/t17-,18+,20?,22?/m1/s1. The smallest absolute Gasteiger partial charge is 0.286 e. The Morgan fingerprint density at radius 3 is 2.67 bits per heavy atom. The number of fused-ring (bicyclic) bond motifs is 6. The fourth-order valence-electron chi connectivity index (χ4n) is 5.89. The Morgan fingerprint density at radius 2 is 1.95 bits per heavy atom. The lowest BCUT2D eigenvalue weighted by Gasteiger charge is -2.42. The molecule has 4 atom stereocenters. The molecule has 4 aliphatic heterocycles. The summed E-state index contributed by atoms with van der Waals surface area (Å²) < 4.78 is 75.5. The minimum Gasteiger partial charge on any atom is -0.511 e. The number of hydrogen-bond donors (Lipinski definition) is 3. The number of anilines is 2. The zero-order valence-corrected chi connectivity index (χ0v) is 22.5. The van der Waals surface area contributed by atoms with Gasteiger partial charge in [0.15, 0.2) is 5.84 Å². The monoisotopic (exact) mass is 576 g/mol. The van der Waals surface area contributed by atoms with E-state index in [9.17, 15) is 31.1 Å². The maximum absolute atomic E-state index is 13.9. The van der Waals surface area contributed by atoms with Crippen LogP contribution >= 0.6 is 0 Å². The van der Waals surface area contributed by atoms with E-state index >= 15 is 0 Å². The van der Waals surface area contributed by atoms with Crippen molar-refractivity contribution < 1.29 is 35.9 Å². The summed E-state index contributed by atoms with van der Waals surface area (Å²) in [7, 11) is -8.04. The summed E-state index contributed by atoms with van der Waals surface area (Å²) in [5.74, 6) is -2.21. The third-order valence-electron chi connectivity index (χ3n) is 7.48. The average Bonchev–Trinajstić information content (AvgIpc) is 3.46. The van der Waals surface area contributed by atoms with Gasteiger partial charge in [0.05, 0.1) is 36.1 Å². The molecule has 0 aliphatic carbocycles. The molecule has 39 heavy (non-hydrogen) atoms. The number of carbonyl (C=O) groups is 1. The van der Waals surface area contributed by atoms with E-state index in [4.69, 9.17) is 4.74 Å². The Hall–Kier alpha value is -3.49. The molecule has 0 saturated carbocycles. The Balaban J connectivity index is 1.41. The fraction of sp³-hybridized carbons (Fsp3) is 0.360. The maximum atomic E-state index is 13.9. The maximum Gasteiger partial charge on any atom is 0.286 e. The van der Waals surface area contributed by atoms with E-state index in [1.54, 1.807) is 24.0 Å². The van der Waals surface area contributed by atoms with Gasteiger partial charge in [-0.25, -0.2) is 12.8 Å². The number of rotatable bonds is 5. The number of hydrogen-bond acceptors (Lipinski definition) is 8. The lowest BCUT2D eigenvalue weighted by Crippen LogP contribution is -2.55. The van der Waals surface area contributed by atoms with Crippen molar-refractivity contribution in [2.24, 2.45) is 10.3 Å². The van der Waals surface area contributed by atoms with Crippen LogP contribution in [0.25, 0.3) is 0 Å². The number of aliphatic hydroxyl groups is 1. The Bertz CT molecular complexity index is 1700. The van der Waals surface area contributed by atoms with Crippen LogP contribution in [0.5, 0.6) is 0 Å². The number of ether oxygens (including phenoxy) is 1. The van der Waals surface area contributed by atoms with Gasteiger partial charge in [0.1, 0.15) is 22.0 Å². The van der Waals surface area contributed by atoms with Crippen molar-refractivity contribution >= 4 is 43.2 Å². The number of amidine groups is 1. The topological polar surface area (TPSA) is 154 Å². The lowest BCUT2D eigenvalue weighted by molar-refractivity contribution is -0.133. The molecule has 0 aromatic heterocycles. The van der Waals surface area contributed by atoms with Crippen molar-refractivity contribution in [2.75, 3.05) is 16.3 Å². The van der Waals surface area contributed by atoms with Crippen LogP contribution in [0.3, 0.4) is 0 Å². The Morgan fingerprint density at radius 1 is 1.21 bits per heavy atom. The van der Waals surface area contributed by atoms with E-state index in [1.165, 1.54) is 18.2 Å². The van der Waals surface area contributed by atoms with E-state index in [1.807, 2.05) is 0 Å². The summed E-state index contributed by atoms with van der Waals surface area (Å²) in [4.78, 5) is 15.2. The Kier molecular flexibility index (Phi) is 5.79. The molecule has 2 unspecified atom stereocenters. The van der Waals surface area contributed by atoms with E-state index in [2.05, 4.69) is 14.4 Å². The first-order valence-corrected chi connectivity index (χ1v) is 15.5. The molecule has 3 N–H and O–H groups in total. The van der Waals surface area contributed by atoms with Crippen molar-refractivity contribution in [3.8, 4) is 0 Å². The number of amides is 1. The molecule has 4 heterocycles. The predicted molar refractivity (Wildman–Crippen MR) is 140 cm³/mol. The number of aliphatic hydroxyl groups excluding tert-OH is 1. The second-order valence-electron chi connectivity index (χ2n) is 10.2. The minimum atomic E-state index is -4.38. The van der Waals surface area contributed by atoms with Crippen LogP contribution in [0.2, 0.25) is 0 Å². The molecular weight excluding hydrogens is 551 g/mol. The molecule has 6 rings (SSSR count). The van der Waals surface area contributed by atoms with Crippen molar-refractivity contribution in [1.82, 2.24) is 4.90 Å². The molecule has 4 aliphatic rings. The SMILES string of the molecule is Cc1cc(CN2C(=O)C(C3=NS(=O)(=O)c4cc(NS(C)(=O)=O)ccc4N3)=C(O)C3C2[C@@H]2CC[C@H]3O2)ccc1F. The summed E-state index contributed by atoms with van der Waals surface area (Å²) in [5, 5.41) is 14.2. The number of nitrogens with one attached hydrogen (secondary N) is 2. The molecule has 2 fully saturated rings. The van der Waals surface area contributed by atoms with Gasteiger partial charge < -0.3 is 20.1 Å². The molecule has 206 valence electrons. The van der Waals surface area contributed by atoms with Gasteiger partial charge in [0, 0.05) is 12.2 Å². The highest BCUT2D eigenvalue weighted by molar-refractivity contribution is 7.92. The number of carbonyl (C=O) groups excluding carboxylic acids is 1. The van der Waals surface area contributed by atoms with E-state index in [0.717, 1.165) is 12.3 Å². The second kappa shape index (κ2) is 8.76. The lowest BCUT2D eigenvalue weighted by atomic mass is 9.77. The molecule has 2 aromatic carbocycles. The summed E-state index contributed by atoms with van der Waals surface area (Å²) in [6, 6.07) is 7.92. The molecule has 0 radical (unpaired) electrons. The van der Waals surface area contributed by atoms with Gasteiger partial charge in [-0.3, -0.25) is 9.52 Å². The molecule has 2 bridgehead atoms. The highest BCUT2D eigenvalue weighted by Gasteiger charge is 2.58. The zero-order valence-electron chi connectivity index (χ0n) is 20.9. The van der Waals surface area contributed by atoms with Crippen LogP contribution in [-0.4, -0.2) is 63.1 Å². The molecule has 11 nitrogen and oxygen atoms in total. The zero-order chi connectivity index (χ0) is 27.9. The Labute approximate surface area is 224 Å². The molecule has 2 aromatic rings. The average molecular weight is 577 g/mol. The molecule has 2 saturated heterocycles. The van der Waals surface area contributed by atoms with Crippen LogP contribution in [-0.2, 0) is 36.1 Å². The van der Waals surface area contributed by atoms with E-state index < -0.39 is 37.9 Å². The van der Waals surface area contributed by atoms with E-state index in [-0.39, 0.29) is 58.0 Å². The normalized spacial score (nSPS) is 27.1. The first-order chi connectivity index (χ1) is 18.3. The van der Waals surface area contributed by atoms with Crippen LogP contribution in [0.4, 0.5) is 15.8 Å². The fourth-order valence-corrected chi connectivity index (χ4v) is 7.59. The quantitative estimate of drug-likeness (QED) is 0.490. The van der Waals surface area contributed by atoms with Crippen LogP contribution in [0.15, 0.2) is 57.0 Å². The van der Waals surface area contributed by atoms with Crippen molar-refractivity contribution in [2.45, 2.75) is 49.5 Å². The first kappa shape index (κ1) is 25.8. The summed E-state index contributed by atoms with van der Waals surface area (Å²) in [6.07, 6.45) is 1.69. The van der Waals surface area contributed by atoms with Crippen LogP contribution in [0.1, 0.15) is 24.0 Å². The first-order valence-electron chi connectivity index (χ1n) is 12.2. The summed E-state index contributed by atoms with van der Waals surface area (Å²) >= 11 is 0. The number of benzene rings is 2. The highest BCUT2D eigenvalue weighted by atomic mass is 32.2. The molecule has 0 spiro atoms. The summed E-state index contributed by atoms with van der Waals surface area (Å²) in [5.41, 5.74) is 0.908. The predicted octanol–water partition coefficient (Wildman–Crippen LogP) is 2.42. The van der Waals surface area contributed by atoms with Gasteiger partial charge in [0.2, 0.25) is 10.0 Å². The largest absolute Gasteiger partial charge is 0.511 e. The van der Waals surface area contributed by atoms with Crippen molar-refractivity contribution in [3.05, 3.63) is 64.7 Å². The van der Waals surface area contributed by atoms with Gasteiger partial charge in [-0.1, -0.05) is 12.1 Å². The third-order valence-corrected chi connectivity index (χ3v) is 9.40. The third kappa shape index (κ3) is 4.36. The number of sulfonamides is 2. The van der Waals surface area contributed by atoms with Crippen molar-refractivity contribution in [1.29, 1.82) is 0 Å². The molecular formula is C25H25FN4O7S2. The van der Waals surface area contributed by atoms with Crippen molar-refractivity contribution in [3.63, 3.8) is 0 Å². The number of halogens is 1. The van der Waals surface area contributed by atoms with Gasteiger partial charge >= 0.3 is 0 Å². The van der Waals surface area contributed by atoms with Gasteiger partial charge in [-0.15, -0.1) is 4.40 Å². The summed E-state index contributed by atoms with van der Waals surface area (Å²) in [6.45, 7) is 1.72. The minimum absolute atomic E-state index is 0.0267. The second-order valence-corrected chi connectivity index (χ2v) is 13.5. The van der Waals surface area contributed by atoms with Gasteiger partial charge in [-0.05, 0) is 55.2 Å². The van der Waals surface area contributed by atoms with Crippen LogP contribution < -0.4 is 10.0 Å². The van der Waals surface area contributed by atoms with Gasteiger partial charge in [-0.2, -0.15) is 8.42 Å². The van der Waals surface area contributed by atoms with Gasteiger partial charge in [0.25, 0.3) is 15.9 Å². The van der Waals surface area contributed by atoms with E-state index in [0.29, 0.717) is 24.0 Å². The number of aryl methyl sites for hydroxylation is 1. The highest BCUT2D eigenvalue weighted by Crippen LogP contribution is 2.48. The van der Waals surface area contributed by atoms with Crippen LogP contribution in [0, 0.1) is 18.7 Å². The number of nitrogens with zero attached hydrogens (tertiary/aromatic N) is 2. The molecule has 14 heteroatoms. The molecule has 1 amide bonds.